The van der Waals surface area contributed by atoms with Crippen molar-refractivity contribution in [3.63, 3.8) is 0 Å². The zero-order chi connectivity index (χ0) is 25.3. The Bertz CT molecular complexity index is 1270. The quantitative estimate of drug-likeness (QED) is 0.321. The van der Waals surface area contributed by atoms with E-state index in [9.17, 15) is 28.4 Å². The Kier molecular flexibility index (Phi) is 7.01. The number of carbonyl (C=O) groups excluding carboxylic acids is 1. The van der Waals surface area contributed by atoms with Gasteiger partial charge in [-0.05, 0) is 43.8 Å². The normalized spacial score (nSPS) is 21.1. The number of nitro groups is 1. The number of carbonyl (C=O) groups is 1. The van der Waals surface area contributed by atoms with Crippen molar-refractivity contribution in [1.29, 1.82) is 0 Å². The number of hydrogen-bond donors (Lipinski definition) is 2. The Morgan fingerprint density at radius 3 is 2.63 bits per heavy atom. The number of fused-ring (bicyclic) bond motifs is 1. The molecule has 2 N–H and O–H groups in total. The number of hydrogen-bond acceptors (Lipinski definition) is 9. The lowest BCUT2D eigenvalue weighted by Crippen LogP contribution is -2.50. The Hall–Kier alpha value is -3.16. The number of nitrogens with one attached hydrogen (secondary N) is 1. The molecule has 1 aliphatic carbocycles. The summed E-state index contributed by atoms with van der Waals surface area (Å²) >= 11 is 1.33. The average Bonchev–Trinajstić information content (AvgIpc) is 3.45. The van der Waals surface area contributed by atoms with E-state index in [-0.39, 0.29) is 23.4 Å². The smallest absolute Gasteiger partial charge is 0.331 e. The molecule has 35 heavy (non-hydrogen) atoms. The van der Waals surface area contributed by atoms with Crippen molar-refractivity contribution in [3.8, 4) is 5.75 Å². The molecule has 1 aliphatic heterocycles. The van der Waals surface area contributed by atoms with E-state index >= 15 is 0 Å². The Balaban J connectivity index is 1.70. The standard InChI is InChI=1S/C22H24N4O7S2/c1-23-21-16-9-10-33-18(16)7-8-19(21)34-20-12-14(27)11-17(20)25(22(28)24-2)35(31,32)15-5-3-13(4-6-15)26(29)30/h3-8,14,17,20,27H,1,9-12H2,2H3,(H,24,28). The molecule has 186 valence electrons. The molecule has 4 rings (SSSR count). The van der Waals surface area contributed by atoms with Crippen LogP contribution in [-0.4, -0.2) is 66.6 Å². The number of non-ortho nitro benzene ring substituents is 1. The SMILES string of the molecule is C=Nc1c(SC2CC(O)CC2N(C(=O)NC)S(=O)(=O)c2ccc([N+](=O)[O-])cc2)ccc2c1CCO2. The van der Waals surface area contributed by atoms with Gasteiger partial charge in [0.2, 0.25) is 0 Å². The molecule has 1 heterocycles. The van der Waals surface area contributed by atoms with Gasteiger partial charge in [0, 0.05) is 41.3 Å². The summed E-state index contributed by atoms with van der Waals surface area (Å²) in [4.78, 5) is 27.8. The monoisotopic (exact) mass is 520 g/mol. The van der Waals surface area contributed by atoms with Crippen LogP contribution in [0.15, 0.2) is 51.2 Å². The summed E-state index contributed by atoms with van der Waals surface area (Å²) in [5.41, 5.74) is 1.29. The van der Waals surface area contributed by atoms with Crippen molar-refractivity contribution in [2.75, 3.05) is 13.7 Å². The maximum atomic E-state index is 13.5. The summed E-state index contributed by atoms with van der Waals surface area (Å²) in [6.45, 7) is 4.20. The molecule has 0 aromatic heterocycles. The molecule has 1 saturated carbocycles. The number of rotatable bonds is 7. The van der Waals surface area contributed by atoms with Crippen LogP contribution in [0, 0.1) is 10.1 Å². The number of ether oxygens (including phenoxy) is 1. The van der Waals surface area contributed by atoms with Gasteiger partial charge in [0.25, 0.3) is 15.7 Å². The zero-order valence-corrected chi connectivity index (χ0v) is 20.4. The van der Waals surface area contributed by atoms with Gasteiger partial charge in [0.1, 0.15) is 5.75 Å². The molecular formula is C22H24N4O7S2. The number of aliphatic hydroxyl groups excluding tert-OH is 1. The molecule has 2 amide bonds. The van der Waals surface area contributed by atoms with Crippen LogP contribution in [0.2, 0.25) is 0 Å². The van der Waals surface area contributed by atoms with E-state index in [1.165, 1.54) is 18.8 Å². The zero-order valence-electron chi connectivity index (χ0n) is 18.8. The Morgan fingerprint density at radius 1 is 1.29 bits per heavy atom. The third kappa shape index (κ3) is 4.70. The number of aliphatic imine (C=N–C) groups is 1. The predicted molar refractivity (Wildman–Crippen MR) is 130 cm³/mol. The number of aliphatic hydroxyl groups is 1. The van der Waals surface area contributed by atoms with Crippen molar-refractivity contribution in [1.82, 2.24) is 9.62 Å². The molecule has 0 radical (unpaired) electrons. The molecule has 11 nitrogen and oxygen atoms in total. The number of sulfonamides is 1. The van der Waals surface area contributed by atoms with E-state index in [0.29, 0.717) is 18.7 Å². The molecule has 2 aromatic rings. The van der Waals surface area contributed by atoms with Gasteiger partial charge in [0.15, 0.2) is 0 Å². The molecule has 0 spiro atoms. The van der Waals surface area contributed by atoms with Gasteiger partial charge in [-0.2, -0.15) is 0 Å². The van der Waals surface area contributed by atoms with Gasteiger partial charge in [-0.15, -0.1) is 11.8 Å². The highest BCUT2D eigenvalue weighted by molar-refractivity contribution is 8.00. The van der Waals surface area contributed by atoms with Crippen molar-refractivity contribution >= 4 is 45.9 Å². The van der Waals surface area contributed by atoms with Crippen LogP contribution < -0.4 is 10.1 Å². The van der Waals surface area contributed by atoms with Crippen molar-refractivity contribution in [2.45, 2.75) is 46.4 Å². The van der Waals surface area contributed by atoms with E-state index < -0.39 is 38.4 Å². The predicted octanol–water partition coefficient (Wildman–Crippen LogP) is 2.88. The third-order valence-corrected chi connectivity index (χ3v) is 9.23. The minimum Gasteiger partial charge on any atom is -0.493 e. The van der Waals surface area contributed by atoms with Gasteiger partial charge in [-0.25, -0.2) is 17.5 Å². The van der Waals surface area contributed by atoms with Gasteiger partial charge < -0.3 is 15.2 Å². The fourth-order valence-corrected chi connectivity index (χ4v) is 7.56. The van der Waals surface area contributed by atoms with Crippen LogP contribution in [-0.2, 0) is 16.4 Å². The van der Waals surface area contributed by atoms with E-state index in [1.54, 1.807) is 0 Å². The van der Waals surface area contributed by atoms with Gasteiger partial charge in [-0.1, -0.05) is 0 Å². The Labute approximate surface area is 206 Å². The average molecular weight is 521 g/mol. The highest BCUT2D eigenvalue weighted by atomic mass is 32.2. The lowest BCUT2D eigenvalue weighted by atomic mass is 10.1. The number of nitro benzene ring substituents is 1. The van der Waals surface area contributed by atoms with Crippen molar-refractivity contribution in [2.24, 2.45) is 4.99 Å². The first-order valence-corrected chi connectivity index (χ1v) is 13.1. The molecule has 3 atom stereocenters. The maximum absolute atomic E-state index is 13.5. The highest BCUT2D eigenvalue weighted by Gasteiger charge is 2.45. The molecule has 2 aromatic carbocycles. The highest BCUT2D eigenvalue weighted by Crippen LogP contribution is 2.46. The number of thioether (sulfide) groups is 1. The fourth-order valence-electron chi connectivity index (χ4n) is 4.39. The first-order valence-electron chi connectivity index (χ1n) is 10.8. The van der Waals surface area contributed by atoms with Crippen molar-refractivity contribution < 1.29 is 28.0 Å². The Morgan fingerprint density at radius 2 is 2.00 bits per heavy atom. The van der Waals surface area contributed by atoms with Crippen molar-refractivity contribution in [3.05, 3.63) is 52.1 Å². The second-order valence-electron chi connectivity index (χ2n) is 8.10. The van der Waals surface area contributed by atoms with Crippen LogP contribution in [0.4, 0.5) is 16.2 Å². The van der Waals surface area contributed by atoms with Gasteiger partial charge in [-0.3, -0.25) is 15.1 Å². The largest absolute Gasteiger partial charge is 0.493 e. The molecule has 0 saturated heterocycles. The van der Waals surface area contributed by atoms with Crippen LogP contribution in [0.25, 0.3) is 0 Å². The third-order valence-electron chi connectivity index (χ3n) is 6.02. The molecular weight excluding hydrogens is 496 g/mol. The molecule has 1 fully saturated rings. The molecule has 3 unspecified atom stereocenters. The summed E-state index contributed by atoms with van der Waals surface area (Å²) < 4.78 is 33.4. The lowest BCUT2D eigenvalue weighted by molar-refractivity contribution is -0.384. The number of benzene rings is 2. The fraction of sp³-hybridized carbons (Fsp3) is 0.364. The lowest BCUT2D eigenvalue weighted by Gasteiger charge is -2.31. The summed E-state index contributed by atoms with van der Waals surface area (Å²) in [7, 11) is -3.08. The van der Waals surface area contributed by atoms with E-state index in [0.717, 1.165) is 44.8 Å². The number of nitrogens with zero attached hydrogens (tertiary/aromatic N) is 3. The summed E-state index contributed by atoms with van der Waals surface area (Å²) in [5.74, 6) is 0.729. The van der Waals surface area contributed by atoms with Gasteiger partial charge in [0.05, 0.1) is 34.3 Å². The van der Waals surface area contributed by atoms with Crippen LogP contribution in [0.5, 0.6) is 5.75 Å². The van der Waals surface area contributed by atoms with E-state index in [1.807, 2.05) is 12.1 Å². The first-order chi connectivity index (χ1) is 16.7. The molecule has 13 heteroatoms. The minimum atomic E-state index is -4.39. The van der Waals surface area contributed by atoms with Crippen LogP contribution >= 0.6 is 11.8 Å². The summed E-state index contributed by atoms with van der Waals surface area (Å²) in [6.07, 6.45) is 0.146. The second kappa shape index (κ2) is 9.84. The van der Waals surface area contributed by atoms with Crippen LogP contribution in [0.3, 0.4) is 0 Å². The molecule has 0 bridgehead atoms. The van der Waals surface area contributed by atoms with E-state index in [2.05, 4.69) is 17.0 Å². The summed E-state index contributed by atoms with van der Waals surface area (Å²) in [6, 6.07) is 6.22. The van der Waals surface area contributed by atoms with E-state index in [4.69, 9.17) is 4.74 Å². The topological polar surface area (TPSA) is 151 Å². The number of amides is 2. The minimum absolute atomic E-state index is 0.0439. The van der Waals surface area contributed by atoms with Crippen LogP contribution in [0.1, 0.15) is 18.4 Å². The first kappa shape index (κ1) is 24.9. The molecule has 2 aliphatic rings. The summed E-state index contributed by atoms with van der Waals surface area (Å²) in [5, 5.41) is 23.3. The van der Waals surface area contributed by atoms with Gasteiger partial charge >= 0.3 is 6.03 Å². The second-order valence-corrected chi connectivity index (χ2v) is 11.2. The maximum Gasteiger partial charge on any atom is 0.331 e. The number of urea groups is 1.